The van der Waals surface area contributed by atoms with Crippen LogP contribution in [0.25, 0.3) is 26.7 Å². The lowest BCUT2D eigenvalue weighted by molar-refractivity contribution is 0.105. The maximum absolute atomic E-state index is 6.64. The number of piperidine rings is 1. The topological polar surface area (TPSA) is 102 Å². The summed E-state index contributed by atoms with van der Waals surface area (Å²) in [6.45, 7) is 5.34. The van der Waals surface area contributed by atoms with Gasteiger partial charge in [-0.25, -0.2) is 15.0 Å². The number of nitrogens with two attached hydrogens (primary N) is 1. The van der Waals surface area contributed by atoms with Gasteiger partial charge in [-0.1, -0.05) is 6.92 Å². The van der Waals surface area contributed by atoms with Gasteiger partial charge in [-0.3, -0.25) is 4.99 Å². The Morgan fingerprint density at radius 2 is 2.06 bits per heavy atom. The lowest BCUT2D eigenvalue weighted by Gasteiger charge is -2.31. The highest BCUT2D eigenvalue weighted by atomic mass is 32.1. The Labute approximate surface area is 208 Å². The van der Waals surface area contributed by atoms with Gasteiger partial charge < -0.3 is 20.7 Å². The minimum Gasteiger partial charge on any atom is -0.489 e. The molecule has 0 aliphatic carbocycles. The highest BCUT2D eigenvalue weighted by Crippen LogP contribution is 2.36. The smallest absolute Gasteiger partial charge is 0.145 e. The zero-order valence-corrected chi connectivity index (χ0v) is 20.8. The fraction of sp³-hybridized carbons (Fsp3) is 0.308. The average molecular weight is 488 g/mol. The van der Waals surface area contributed by atoms with Crippen molar-refractivity contribution in [1.82, 2.24) is 19.9 Å². The molecule has 180 valence electrons. The number of hydrogen-bond acceptors (Lipinski definition) is 9. The van der Waals surface area contributed by atoms with Crippen LogP contribution in [0.5, 0.6) is 5.75 Å². The van der Waals surface area contributed by atoms with Gasteiger partial charge in [-0.15, -0.1) is 11.3 Å². The van der Waals surface area contributed by atoms with Crippen molar-refractivity contribution < 1.29 is 4.74 Å². The molecule has 0 spiro atoms. The van der Waals surface area contributed by atoms with E-state index >= 15 is 0 Å². The molecule has 0 unspecified atom stereocenters. The van der Waals surface area contributed by atoms with E-state index in [2.05, 4.69) is 43.2 Å². The van der Waals surface area contributed by atoms with Crippen molar-refractivity contribution in [1.29, 1.82) is 0 Å². The van der Waals surface area contributed by atoms with Gasteiger partial charge >= 0.3 is 0 Å². The van der Waals surface area contributed by atoms with Crippen LogP contribution in [0.2, 0.25) is 0 Å². The number of anilines is 2. The molecule has 4 aromatic rings. The number of aromatic nitrogens is 3. The van der Waals surface area contributed by atoms with Gasteiger partial charge in [0.2, 0.25) is 0 Å². The molecule has 2 aromatic heterocycles. The van der Waals surface area contributed by atoms with Crippen LogP contribution >= 0.6 is 11.3 Å². The van der Waals surface area contributed by atoms with Gasteiger partial charge in [0.05, 0.1) is 26.6 Å². The van der Waals surface area contributed by atoms with Crippen LogP contribution in [0.4, 0.5) is 11.5 Å². The van der Waals surface area contributed by atoms with Gasteiger partial charge in [0.15, 0.2) is 0 Å². The zero-order chi connectivity index (χ0) is 24.2. The molecule has 1 aliphatic rings. The normalized spacial score (nSPS) is 15.9. The Hall–Kier alpha value is -3.56. The van der Waals surface area contributed by atoms with E-state index in [1.807, 2.05) is 29.8 Å². The number of fused-ring (bicyclic) bond motifs is 2. The van der Waals surface area contributed by atoms with Crippen molar-refractivity contribution in [2.75, 3.05) is 32.0 Å². The Balaban J connectivity index is 1.57. The summed E-state index contributed by atoms with van der Waals surface area (Å²) < 4.78 is 7.76. The molecule has 5 rings (SSSR count). The van der Waals surface area contributed by atoms with Crippen LogP contribution in [0.3, 0.4) is 0 Å². The first-order valence-electron chi connectivity index (χ1n) is 11.8. The second-order valence-electron chi connectivity index (χ2n) is 8.51. The van der Waals surface area contributed by atoms with E-state index in [0.29, 0.717) is 5.82 Å². The molecule has 3 heterocycles. The maximum atomic E-state index is 6.64. The fourth-order valence-corrected chi connectivity index (χ4v) is 5.17. The van der Waals surface area contributed by atoms with Crippen molar-refractivity contribution in [2.24, 2.45) is 10.7 Å². The van der Waals surface area contributed by atoms with Gasteiger partial charge in [-0.05, 0) is 55.3 Å². The number of nitrogens with one attached hydrogen (secondary N) is 1. The zero-order valence-electron chi connectivity index (χ0n) is 19.9. The summed E-state index contributed by atoms with van der Waals surface area (Å²) in [4.78, 5) is 20.1. The Morgan fingerprint density at radius 1 is 1.20 bits per heavy atom. The molecule has 1 fully saturated rings. The minimum atomic E-state index is 0.128. The van der Waals surface area contributed by atoms with Crippen LogP contribution in [-0.2, 0) is 0 Å². The van der Waals surface area contributed by atoms with Crippen LogP contribution in [0, 0.1) is 0 Å². The molecule has 0 atom stereocenters. The quantitative estimate of drug-likeness (QED) is 0.359. The monoisotopic (exact) mass is 487 g/mol. The highest BCUT2D eigenvalue weighted by Gasteiger charge is 2.22. The molecule has 1 aliphatic heterocycles. The number of nitrogens with zero attached hydrogens (tertiary/aromatic N) is 5. The number of allylic oxidation sites excluding steroid dienone is 1. The first-order chi connectivity index (χ1) is 17.2. The minimum absolute atomic E-state index is 0.128. The number of hydrogen-bond donors (Lipinski definition) is 2. The van der Waals surface area contributed by atoms with E-state index in [1.165, 1.54) is 0 Å². The molecule has 2 aromatic carbocycles. The van der Waals surface area contributed by atoms with Gasteiger partial charge in [0.25, 0.3) is 0 Å². The van der Waals surface area contributed by atoms with Gasteiger partial charge in [-0.2, -0.15) is 0 Å². The van der Waals surface area contributed by atoms with Crippen molar-refractivity contribution >= 4 is 55.7 Å². The SMILES string of the molecule is CCN1CCC(Oc2cc(/C(C=NC)=C/N)cc3ncnc(Nc4ccc5ncsc5c4)c23)CC1. The summed E-state index contributed by atoms with van der Waals surface area (Å²) in [6.07, 6.45) is 6.96. The lowest BCUT2D eigenvalue weighted by atomic mass is 10.0. The first-order valence-corrected chi connectivity index (χ1v) is 12.7. The predicted octanol–water partition coefficient (Wildman–Crippen LogP) is 4.85. The third kappa shape index (κ3) is 4.96. The summed E-state index contributed by atoms with van der Waals surface area (Å²) in [7, 11) is 1.73. The summed E-state index contributed by atoms with van der Waals surface area (Å²) in [5.74, 6) is 1.45. The van der Waals surface area contributed by atoms with Crippen LogP contribution in [0.15, 0.2) is 53.4 Å². The molecule has 0 radical (unpaired) electrons. The molecule has 0 amide bonds. The number of likely N-dealkylation sites (tertiary alicyclic amines) is 1. The Kier molecular flexibility index (Phi) is 6.87. The molecular weight excluding hydrogens is 458 g/mol. The summed E-state index contributed by atoms with van der Waals surface area (Å²) in [5, 5.41) is 4.33. The van der Waals surface area contributed by atoms with Crippen molar-refractivity contribution in [2.45, 2.75) is 25.9 Å². The standard InChI is InChI=1S/C26H29N7OS/c1-3-33-8-6-20(7-9-33)34-23-11-17(18(13-27)14-28-2)10-22-25(23)26(30-15-29-22)32-19-4-5-21-24(12-19)35-16-31-21/h4-5,10-16,20H,3,6-9,27H2,1-2H3,(H,29,30,32)/b18-13+,28-14?. The average Bonchev–Trinajstić information content (AvgIpc) is 3.35. The predicted molar refractivity (Wildman–Crippen MR) is 145 cm³/mol. The van der Waals surface area contributed by atoms with Crippen LogP contribution in [-0.4, -0.2) is 58.9 Å². The third-order valence-corrected chi connectivity index (χ3v) is 7.14. The van der Waals surface area contributed by atoms with E-state index in [1.54, 1.807) is 37.1 Å². The van der Waals surface area contributed by atoms with Crippen molar-refractivity contribution in [3.8, 4) is 5.75 Å². The molecule has 0 bridgehead atoms. The largest absolute Gasteiger partial charge is 0.489 e. The van der Waals surface area contributed by atoms with E-state index in [0.717, 1.165) is 76.2 Å². The van der Waals surface area contributed by atoms with E-state index in [4.69, 9.17) is 10.5 Å². The summed E-state index contributed by atoms with van der Waals surface area (Å²) in [6, 6.07) is 10.1. The number of ether oxygens (including phenoxy) is 1. The van der Waals surface area contributed by atoms with Crippen LogP contribution in [0.1, 0.15) is 25.3 Å². The van der Waals surface area contributed by atoms with E-state index in [-0.39, 0.29) is 6.10 Å². The molecular formula is C26H29N7OS. The van der Waals surface area contributed by atoms with Gasteiger partial charge in [0, 0.05) is 43.8 Å². The number of benzene rings is 2. The molecule has 9 heteroatoms. The number of rotatable bonds is 7. The maximum Gasteiger partial charge on any atom is 0.145 e. The summed E-state index contributed by atoms with van der Waals surface area (Å²) in [5.41, 5.74) is 12.2. The number of thiazole rings is 1. The van der Waals surface area contributed by atoms with Gasteiger partial charge in [0.1, 0.15) is 24.0 Å². The molecule has 1 saturated heterocycles. The Bertz CT molecular complexity index is 1390. The fourth-order valence-electron chi connectivity index (χ4n) is 4.45. The molecule has 0 saturated carbocycles. The van der Waals surface area contributed by atoms with E-state index < -0.39 is 0 Å². The second kappa shape index (κ2) is 10.4. The summed E-state index contributed by atoms with van der Waals surface area (Å²) >= 11 is 1.61. The van der Waals surface area contributed by atoms with Crippen molar-refractivity contribution in [3.63, 3.8) is 0 Å². The second-order valence-corrected chi connectivity index (χ2v) is 9.40. The Morgan fingerprint density at radius 3 is 2.83 bits per heavy atom. The first kappa shape index (κ1) is 23.2. The lowest BCUT2D eigenvalue weighted by Crippen LogP contribution is -2.38. The third-order valence-electron chi connectivity index (χ3n) is 6.35. The number of aliphatic imine (C=N–C) groups is 1. The molecule has 35 heavy (non-hydrogen) atoms. The van der Waals surface area contributed by atoms with Crippen molar-refractivity contribution in [3.05, 3.63) is 53.9 Å². The molecule has 8 nitrogen and oxygen atoms in total. The molecule has 3 N–H and O–H groups in total. The van der Waals surface area contributed by atoms with E-state index in [9.17, 15) is 0 Å². The highest BCUT2D eigenvalue weighted by molar-refractivity contribution is 7.16. The van der Waals surface area contributed by atoms with Crippen LogP contribution < -0.4 is 15.8 Å².